The van der Waals surface area contributed by atoms with E-state index in [9.17, 15) is 19.2 Å². The molecular formula is C25H24FN5O3. The number of hydrogen-bond acceptors (Lipinski definition) is 5. The van der Waals surface area contributed by atoms with Crippen molar-refractivity contribution in [3.8, 4) is 0 Å². The number of likely N-dealkylation sites (tertiary alicyclic amines) is 1. The van der Waals surface area contributed by atoms with Gasteiger partial charge >= 0.3 is 5.56 Å². The van der Waals surface area contributed by atoms with Gasteiger partial charge in [0.1, 0.15) is 11.3 Å². The number of nitrogens with one attached hydrogen (secondary N) is 1. The van der Waals surface area contributed by atoms with Gasteiger partial charge in [-0.1, -0.05) is 12.1 Å². The van der Waals surface area contributed by atoms with Crippen molar-refractivity contribution < 1.29 is 14.4 Å². The fraction of sp³-hybridized carbons (Fsp3) is 0.320. The van der Waals surface area contributed by atoms with E-state index in [1.807, 2.05) is 0 Å². The molecule has 8 nitrogen and oxygen atoms in total. The SMILES string of the molecule is O=C1NC[C@@H]2CCN(Cc3cn(Cc4ccc(F)cc4)c4cnc5c(=O)n(O)ccc5c34)C[C@H]12. The molecule has 0 aliphatic carbocycles. The van der Waals surface area contributed by atoms with E-state index < -0.39 is 5.56 Å². The summed E-state index contributed by atoms with van der Waals surface area (Å²) in [5, 5.41) is 14.4. The Bertz CT molecular complexity index is 1480. The van der Waals surface area contributed by atoms with Gasteiger partial charge in [-0.25, -0.2) is 9.37 Å². The van der Waals surface area contributed by atoms with E-state index in [4.69, 9.17) is 0 Å². The lowest BCUT2D eigenvalue weighted by Crippen LogP contribution is -2.40. The Morgan fingerprint density at radius 1 is 1.15 bits per heavy atom. The van der Waals surface area contributed by atoms with E-state index in [1.165, 1.54) is 18.3 Å². The number of pyridine rings is 2. The zero-order chi connectivity index (χ0) is 23.4. The van der Waals surface area contributed by atoms with Crippen molar-refractivity contribution in [2.45, 2.75) is 19.5 Å². The highest BCUT2D eigenvalue weighted by Gasteiger charge is 2.39. The molecule has 174 valence electrons. The van der Waals surface area contributed by atoms with Crippen molar-refractivity contribution in [1.82, 2.24) is 24.5 Å². The number of benzene rings is 1. The van der Waals surface area contributed by atoms with Crippen LogP contribution in [0.4, 0.5) is 4.39 Å². The summed E-state index contributed by atoms with van der Waals surface area (Å²) < 4.78 is 16.0. The van der Waals surface area contributed by atoms with Gasteiger partial charge in [-0.05, 0) is 48.2 Å². The molecule has 6 rings (SSSR count). The number of carbonyl (C=O) groups excluding carboxylic acids is 1. The first-order chi connectivity index (χ1) is 16.5. The second kappa shape index (κ2) is 7.95. The minimum absolute atomic E-state index is 0.0151. The third kappa shape index (κ3) is 3.43. The number of amides is 1. The lowest BCUT2D eigenvalue weighted by Gasteiger charge is -2.33. The summed E-state index contributed by atoms with van der Waals surface area (Å²) in [5.41, 5.74) is 2.46. The summed E-state index contributed by atoms with van der Waals surface area (Å²) in [7, 11) is 0. The normalized spacial score (nSPS) is 20.7. The van der Waals surface area contributed by atoms with Crippen LogP contribution >= 0.6 is 0 Å². The van der Waals surface area contributed by atoms with Gasteiger partial charge < -0.3 is 15.1 Å². The smallest absolute Gasteiger partial charge is 0.309 e. The third-order valence-corrected chi connectivity index (χ3v) is 7.21. The Labute approximate surface area is 194 Å². The van der Waals surface area contributed by atoms with E-state index in [-0.39, 0.29) is 23.2 Å². The quantitative estimate of drug-likeness (QED) is 0.455. The maximum absolute atomic E-state index is 13.4. The first-order valence-corrected chi connectivity index (χ1v) is 11.4. The summed E-state index contributed by atoms with van der Waals surface area (Å²) in [6.07, 6.45) is 6.01. The van der Waals surface area contributed by atoms with Crippen LogP contribution in [0.5, 0.6) is 0 Å². The third-order valence-electron chi connectivity index (χ3n) is 7.21. The van der Waals surface area contributed by atoms with Crippen molar-refractivity contribution in [2.75, 3.05) is 19.6 Å². The molecule has 2 saturated heterocycles. The largest absolute Gasteiger partial charge is 0.425 e. The predicted octanol–water partition coefficient (Wildman–Crippen LogP) is 2.34. The maximum Gasteiger partial charge on any atom is 0.309 e. The minimum Gasteiger partial charge on any atom is -0.425 e. The highest BCUT2D eigenvalue weighted by molar-refractivity contribution is 6.06. The van der Waals surface area contributed by atoms with Crippen LogP contribution in [0.15, 0.2) is 53.7 Å². The van der Waals surface area contributed by atoms with Gasteiger partial charge in [0.25, 0.3) is 0 Å². The van der Waals surface area contributed by atoms with Crippen LogP contribution in [0.3, 0.4) is 0 Å². The van der Waals surface area contributed by atoms with Crippen LogP contribution in [0.25, 0.3) is 21.8 Å². The molecule has 0 unspecified atom stereocenters. The molecule has 0 radical (unpaired) electrons. The number of rotatable bonds is 4. The average Bonchev–Trinajstić information content (AvgIpc) is 3.38. The zero-order valence-corrected chi connectivity index (χ0v) is 18.4. The number of halogens is 1. The molecule has 1 aromatic carbocycles. The van der Waals surface area contributed by atoms with Crippen molar-refractivity contribution in [3.05, 3.63) is 76.2 Å². The lowest BCUT2D eigenvalue weighted by molar-refractivity contribution is -0.124. The molecule has 2 aliphatic rings. The fourth-order valence-corrected chi connectivity index (χ4v) is 5.44. The highest BCUT2D eigenvalue weighted by atomic mass is 19.1. The first-order valence-electron chi connectivity index (χ1n) is 11.4. The standard InChI is InChI=1S/C25H24FN5O3/c26-18-3-1-15(2-4-18)11-30-13-17(12-29-7-5-16-9-28-24(32)20(16)14-29)22-19-6-8-31(34)25(33)23(19)27-10-21(22)30/h1-4,6,8,10,13,16,20,34H,5,7,9,11-12,14H2,(H,28,32)/t16-,20-/m0/s1. The summed E-state index contributed by atoms with van der Waals surface area (Å²) in [6, 6.07) is 8.09. The summed E-state index contributed by atoms with van der Waals surface area (Å²) in [4.78, 5) is 31.4. The van der Waals surface area contributed by atoms with Gasteiger partial charge in [0.15, 0.2) is 0 Å². The Morgan fingerprint density at radius 2 is 1.97 bits per heavy atom. The molecule has 1 amide bonds. The second-order valence-corrected chi connectivity index (χ2v) is 9.29. The summed E-state index contributed by atoms with van der Waals surface area (Å²) in [6.45, 7) is 3.51. The molecule has 5 heterocycles. The maximum atomic E-state index is 13.4. The number of aromatic nitrogens is 3. The molecule has 0 bridgehead atoms. The van der Waals surface area contributed by atoms with Crippen molar-refractivity contribution >= 4 is 27.7 Å². The molecule has 0 spiro atoms. The highest BCUT2D eigenvalue weighted by Crippen LogP contribution is 2.32. The fourth-order valence-electron chi connectivity index (χ4n) is 5.44. The molecule has 0 saturated carbocycles. The Kier molecular flexibility index (Phi) is 4.88. The number of hydrogen-bond donors (Lipinski definition) is 2. The first kappa shape index (κ1) is 20.9. The number of carbonyl (C=O) groups is 1. The molecule has 2 aliphatic heterocycles. The topological polar surface area (TPSA) is 92.4 Å². The van der Waals surface area contributed by atoms with E-state index >= 15 is 0 Å². The minimum atomic E-state index is -0.569. The number of piperidine rings is 1. The molecule has 34 heavy (non-hydrogen) atoms. The number of nitrogens with zero attached hydrogens (tertiary/aromatic N) is 4. The Hall–Kier alpha value is -3.72. The van der Waals surface area contributed by atoms with Gasteiger partial charge in [0, 0.05) is 49.3 Å². The van der Waals surface area contributed by atoms with E-state index in [0.29, 0.717) is 35.7 Å². The Morgan fingerprint density at radius 3 is 2.79 bits per heavy atom. The van der Waals surface area contributed by atoms with Gasteiger partial charge in [-0.15, -0.1) is 0 Å². The average molecular weight is 461 g/mol. The van der Waals surface area contributed by atoms with Crippen molar-refractivity contribution in [1.29, 1.82) is 0 Å². The summed E-state index contributed by atoms with van der Waals surface area (Å²) >= 11 is 0. The molecule has 4 aromatic rings. The van der Waals surface area contributed by atoms with Crippen molar-refractivity contribution in [3.63, 3.8) is 0 Å². The van der Waals surface area contributed by atoms with Gasteiger partial charge in [-0.2, -0.15) is 4.73 Å². The molecule has 3 aromatic heterocycles. The van der Waals surface area contributed by atoms with Gasteiger partial charge in [-0.3, -0.25) is 14.5 Å². The Balaban J connectivity index is 1.44. The van der Waals surface area contributed by atoms with Crippen LogP contribution in [-0.4, -0.2) is 49.9 Å². The van der Waals surface area contributed by atoms with E-state index in [0.717, 1.165) is 41.5 Å². The lowest BCUT2D eigenvalue weighted by atomic mass is 9.88. The van der Waals surface area contributed by atoms with Crippen LogP contribution in [0.1, 0.15) is 17.5 Å². The monoisotopic (exact) mass is 461 g/mol. The molecule has 2 fully saturated rings. The van der Waals surface area contributed by atoms with Crippen LogP contribution in [0, 0.1) is 17.7 Å². The molecule has 2 atom stereocenters. The number of fused-ring (bicyclic) bond motifs is 4. The molecule has 9 heteroatoms. The van der Waals surface area contributed by atoms with Gasteiger partial charge in [0.05, 0.1) is 17.6 Å². The second-order valence-electron chi connectivity index (χ2n) is 9.29. The van der Waals surface area contributed by atoms with Crippen LogP contribution < -0.4 is 10.9 Å². The molecular weight excluding hydrogens is 437 g/mol. The molecule has 2 N–H and O–H groups in total. The zero-order valence-electron chi connectivity index (χ0n) is 18.4. The van der Waals surface area contributed by atoms with Crippen LogP contribution in [-0.2, 0) is 17.9 Å². The van der Waals surface area contributed by atoms with Gasteiger partial charge in [0.2, 0.25) is 5.91 Å². The predicted molar refractivity (Wildman–Crippen MR) is 124 cm³/mol. The van der Waals surface area contributed by atoms with Crippen LogP contribution in [0.2, 0.25) is 0 Å². The van der Waals surface area contributed by atoms with Crippen molar-refractivity contribution in [2.24, 2.45) is 11.8 Å². The van der Waals surface area contributed by atoms with E-state index in [1.54, 1.807) is 24.4 Å². The van der Waals surface area contributed by atoms with E-state index in [2.05, 4.69) is 26.0 Å². The summed E-state index contributed by atoms with van der Waals surface area (Å²) in [5.74, 6) is 0.263.